The molecule has 2 aromatic heterocycles. The van der Waals surface area contributed by atoms with Crippen molar-refractivity contribution >= 4 is 11.6 Å². The van der Waals surface area contributed by atoms with E-state index in [0.29, 0.717) is 4.52 Å². The first-order valence-corrected chi connectivity index (χ1v) is 8.20. The van der Waals surface area contributed by atoms with E-state index in [2.05, 4.69) is 21.5 Å². The summed E-state index contributed by atoms with van der Waals surface area (Å²) in [5.41, 5.74) is 0.340. The maximum Gasteiger partial charge on any atom is 0.433 e. The number of halogens is 3. The van der Waals surface area contributed by atoms with Crippen molar-refractivity contribution in [1.29, 1.82) is 0 Å². The first kappa shape index (κ1) is 17.4. The van der Waals surface area contributed by atoms with Crippen molar-refractivity contribution in [3.8, 4) is 0 Å². The van der Waals surface area contributed by atoms with Gasteiger partial charge in [0.2, 0.25) is 0 Å². The van der Waals surface area contributed by atoms with E-state index in [1.165, 1.54) is 13.0 Å². The van der Waals surface area contributed by atoms with E-state index in [4.69, 9.17) is 0 Å². The number of nitrogens with one attached hydrogen (secondary N) is 1. The molecule has 0 fully saturated rings. The third kappa shape index (κ3) is 3.67. The van der Waals surface area contributed by atoms with E-state index in [-0.39, 0.29) is 23.1 Å². The number of amides is 1. The molecule has 8 heteroatoms. The smallest absolute Gasteiger partial charge is 0.344 e. The molecule has 134 valence electrons. The molecule has 2 aromatic rings. The van der Waals surface area contributed by atoms with Crippen LogP contribution in [0.25, 0.3) is 5.65 Å². The van der Waals surface area contributed by atoms with Crippen LogP contribution in [0.15, 0.2) is 23.8 Å². The summed E-state index contributed by atoms with van der Waals surface area (Å²) in [4.78, 5) is 16.4. The molecule has 0 aliphatic heterocycles. The Kier molecular flexibility index (Phi) is 4.53. The third-order valence-corrected chi connectivity index (χ3v) is 4.31. The first-order chi connectivity index (χ1) is 11.8. The first-order valence-electron chi connectivity index (χ1n) is 8.20. The molecule has 0 aromatic carbocycles. The maximum atomic E-state index is 13.2. The summed E-state index contributed by atoms with van der Waals surface area (Å²) in [6, 6.07) is 2.02. The number of carbonyl (C=O) groups excluding carboxylic acids is 1. The van der Waals surface area contributed by atoms with Gasteiger partial charge in [0.05, 0.1) is 0 Å². The normalized spacial score (nSPS) is 16.6. The van der Waals surface area contributed by atoms with Gasteiger partial charge < -0.3 is 5.32 Å². The number of allylic oxidation sites excluding steroid dienone is 1. The van der Waals surface area contributed by atoms with E-state index < -0.39 is 17.8 Å². The number of hydrogen-bond donors (Lipinski definition) is 1. The van der Waals surface area contributed by atoms with E-state index in [1.54, 1.807) is 0 Å². The summed E-state index contributed by atoms with van der Waals surface area (Å²) < 4.78 is 40.2. The van der Waals surface area contributed by atoms with E-state index in [1.807, 2.05) is 6.92 Å². The molecule has 0 saturated carbocycles. The number of aromatic nitrogens is 3. The number of alkyl halides is 3. The lowest BCUT2D eigenvalue weighted by molar-refractivity contribution is -0.142. The summed E-state index contributed by atoms with van der Waals surface area (Å²) in [6.45, 7) is 3.34. The summed E-state index contributed by atoms with van der Waals surface area (Å²) in [6.07, 6.45) is 1.67. The van der Waals surface area contributed by atoms with Crippen LogP contribution in [0.4, 0.5) is 13.2 Å². The number of hydrogen-bond acceptors (Lipinski definition) is 3. The van der Waals surface area contributed by atoms with Gasteiger partial charge in [-0.1, -0.05) is 11.6 Å². The Morgan fingerprint density at radius 3 is 2.72 bits per heavy atom. The molecule has 0 bridgehead atoms. The van der Waals surface area contributed by atoms with Gasteiger partial charge in [-0.3, -0.25) is 4.79 Å². The number of nitrogens with zero attached hydrogens (tertiary/aromatic N) is 3. The highest BCUT2D eigenvalue weighted by Gasteiger charge is 2.35. The van der Waals surface area contributed by atoms with Gasteiger partial charge in [-0.15, -0.1) is 0 Å². The molecular weight excluding hydrogens is 333 g/mol. The van der Waals surface area contributed by atoms with Gasteiger partial charge in [0, 0.05) is 17.8 Å². The van der Waals surface area contributed by atoms with Crippen molar-refractivity contribution in [3.63, 3.8) is 0 Å². The Labute approximate surface area is 142 Å². The average Bonchev–Trinajstić information content (AvgIpc) is 2.97. The van der Waals surface area contributed by atoms with E-state index in [9.17, 15) is 18.0 Å². The molecular formula is C17H19F3N4O. The molecule has 0 saturated heterocycles. The lowest BCUT2D eigenvalue weighted by atomic mass is 9.95. The second-order valence-electron chi connectivity index (χ2n) is 6.30. The maximum absolute atomic E-state index is 13.2. The minimum absolute atomic E-state index is 0.00186. The molecule has 1 N–H and O–H groups in total. The Hall–Kier alpha value is -2.38. The fourth-order valence-corrected chi connectivity index (χ4v) is 3.03. The van der Waals surface area contributed by atoms with Crippen molar-refractivity contribution in [3.05, 3.63) is 40.9 Å². The predicted octanol–water partition coefficient (Wildman–Crippen LogP) is 3.68. The van der Waals surface area contributed by atoms with Crippen LogP contribution in [0.1, 0.15) is 54.5 Å². The molecule has 3 rings (SSSR count). The van der Waals surface area contributed by atoms with Crippen LogP contribution in [-0.4, -0.2) is 26.5 Å². The fourth-order valence-electron chi connectivity index (χ4n) is 3.03. The summed E-state index contributed by atoms with van der Waals surface area (Å²) in [5.74, 6) is -0.504. The monoisotopic (exact) mass is 352 g/mol. The van der Waals surface area contributed by atoms with Gasteiger partial charge in [0.1, 0.15) is 5.69 Å². The molecule has 1 aliphatic rings. The van der Waals surface area contributed by atoms with Crippen LogP contribution in [0.2, 0.25) is 0 Å². The number of aryl methyl sites for hydroxylation is 1. The molecule has 25 heavy (non-hydrogen) atoms. The molecule has 5 nitrogen and oxygen atoms in total. The Bertz CT molecular complexity index is 838. The van der Waals surface area contributed by atoms with Crippen molar-refractivity contribution in [2.45, 2.75) is 51.7 Å². The number of carbonyl (C=O) groups is 1. The molecule has 2 heterocycles. The van der Waals surface area contributed by atoms with Crippen LogP contribution in [0.3, 0.4) is 0 Å². The highest BCUT2D eigenvalue weighted by Crippen LogP contribution is 2.30. The molecule has 0 radical (unpaired) electrons. The summed E-state index contributed by atoms with van der Waals surface area (Å²) in [7, 11) is 0. The molecule has 0 unspecified atom stereocenters. The fraction of sp³-hybridized carbons (Fsp3) is 0.471. The zero-order chi connectivity index (χ0) is 18.2. The molecule has 1 amide bonds. The van der Waals surface area contributed by atoms with Crippen molar-refractivity contribution < 1.29 is 18.0 Å². The van der Waals surface area contributed by atoms with Gasteiger partial charge in [0.15, 0.2) is 11.3 Å². The Morgan fingerprint density at radius 2 is 2.08 bits per heavy atom. The van der Waals surface area contributed by atoms with Crippen molar-refractivity contribution in [1.82, 2.24) is 19.9 Å². The standard InChI is InChI=1S/C17H19F3N4O/c1-10-8-14(17(18,19)20)24-15(21-10)9-13(23-24)16(25)22-11(2)12-6-4-3-5-7-12/h6,8-9,11H,3-5,7H2,1-2H3,(H,22,25)/t11-/m0/s1. The zero-order valence-electron chi connectivity index (χ0n) is 14.0. The van der Waals surface area contributed by atoms with E-state index >= 15 is 0 Å². The van der Waals surface area contributed by atoms with Gasteiger partial charge in [-0.25, -0.2) is 9.50 Å². The highest BCUT2D eigenvalue weighted by molar-refractivity contribution is 5.93. The topological polar surface area (TPSA) is 59.3 Å². The van der Waals surface area contributed by atoms with E-state index in [0.717, 1.165) is 37.3 Å². The highest BCUT2D eigenvalue weighted by atomic mass is 19.4. The van der Waals surface area contributed by atoms with Gasteiger partial charge in [0.25, 0.3) is 5.91 Å². The summed E-state index contributed by atoms with van der Waals surface area (Å²) in [5, 5.41) is 6.63. The largest absolute Gasteiger partial charge is 0.433 e. The molecule has 0 spiro atoms. The third-order valence-electron chi connectivity index (χ3n) is 4.31. The lowest BCUT2D eigenvalue weighted by Crippen LogP contribution is -2.34. The SMILES string of the molecule is Cc1cc(C(F)(F)F)n2nc(C(=O)N[C@@H](C)C3=CCCCC3)cc2n1. The van der Waals surface area contributed by atoms with Crippen LogP contribution >= 0.6 is 0 Å². The van der Waals surface area contributed by atoms with Crippen LogP contribution in [0, 0.1) is 6.92 Å². The Morgan fingerprint density at radius 1 is 1.32 bits per heavy atom. The second kappa shape index (κ2) is 6.50. The minimum Gasteiger partial charge on any atom is -0.344 e. The number of fused-ring (bicyclic) bond motifs is 1. The molecule has 1 atom stereocenters. The average molecular weight is 352 g/mol. The number of rotatable bonds is 3. The van der Waals surface area contributed by atoms with Gasteiger partial charge in [-0.2, -0.15) is 18.3 Å². The molecule has 1 aliphatic carbocycles. The quantitative estimate of drug-likeness (QED) is 0.858. The van der Waals surface area contributed by atoms with Crippen LogP contribution in [-0.2, 0) is 6.18 Å². The van der Waals surface area contributed by atoms with Crippen molar-refractivity contribution in [2.24, 2.45) is 0 Å². The zero-order valence-corrected chi connectivity index (χ0v) is 14.0. The summed E-state index contributed by atoms with van der Waals surface area (Å²) >= 11 is 0. The Balaban J connectivity index is 1.88. The van der Waals surface area contributed by atoms with Crippen molar-refractivity contribution in [2.75, 3.05) is 0 Å². The predicted molar refractivity (Wildman–Crippen MR) is 86.2 cm³/mol. The van der Waals surface area contributed by atoms with Crippen LogP contribution in [0.5, 0.6) is 0 Å². The van der Waals surface area contributed by atoms with Crippen LogP contribution < -0.4 is 5.32 Å². The van der Waals surface area contributed by atoms with Gasteiger partial charge in [-0.05, 0) is 45.6 Å². The van der Waals surface area contributed by atoms with Gasteiger partial charge >= 0.3 is 6.18 Å². The minimum atomic E-state index is -4.58. The lowest BCUT2D eigenvalue weighted by Gasteiger charge is -2.20. The second-order valence-corrected chi connectivity index (χ2v) is 6.30.